The van der Waals surface area contributed by atoms with E-state index in [0.29, 0.717) is 12.2 Å². The van der Waals surface area contributed by atoms with Gasteiger partial charge < -0.3 is 9.84 Å². The van der Waals surface area contributed by atoms with Crippen LogP contribution in [0.4, 0.5) is 5.82 Å². The number of carbonyl (C=O) groups excluding carboxylic acids is 2. The molecule has 0 aliphatic carbocycles. The molecule has 0 fully saturated rings. The lowest BCUT2D eigenvalue weighted by molar-refractivity contribution is -0.121. The van der Waals surface area contributed by atoms with Crippen molar-refractivity contribution in [2.45, 2.75) is 12.8 Å². The fraction of sp³-hybridized carbons (Fsp3) is 0.250. The largest absolute Gasteiger partial charge is 0.363 e. The molecule has 1 aromatic rings. The van der Waals surface area contributed by atoms with Gasteiger partial charge in [0.25, 0.3) is 5.91 Å². The fourth-order valence-corrected chi connectivity index (χ4v) is 1.10. The van der Waals surface area contributed by atoms with Gasteiger partial charge in [0, 0.05) is 18.9 Å². The average molecular weight is 208 g/mol. The zero-order valence-electron chi connectivity index (χ0n) is 7.69. The molecule has 0 saturated carbocycles. The minimum absolute atomic E-state index is 0.187. The Morgan fingerprint density at radius 1 is 1.53 bits per heavy atom. The molecule has 0 aromatic carbocycles. The molecular formula is C8H8N4O3. The highest BCUT2D eigenvalue weighted by Gasteiger charge is 2.18. The highest BCUT2D eigenvalue weighted by atomic mass is 16.5. The maximum Gasteiger partial charge on any atom is 0.273 e. The molecule has 0 saturated heterocycles. The van der Waals surface area contributed by atoms with Crippen LogP contribution in [-0.2, 0) is 9.59 Å². The number of amides is 2. The zero-order valence-corrected chi connectivity index (χ0v) is 7.69. The molecule has 2 heterocycles. The molecule has 2 rings (SSSR count). The summed E-state index contributed by atoms with van der Waals surface area (Å²) in [7, 11) is 0. The van der Waals surface area contributed by atoms with Crippen LogP contribution < -0.4 is 10.7 Å². The van der Waals surface area contributed by atoms with E-state index in [1.54, 1.807) is 0 Å². The Bertz CT molecular complexity index is 410. The molecule has 0 atom stereocenters. The van der Waals surface area contributed by atoms with Gasteiger partial charge in [-0.25, -0.2) is 5.43 Å². The van der Waals surface area contributed by atoms with Gasteiger partial charge >= 0.3 is 0 Å². The first-order valence-electron chi connectivity index (χ1n) is 4.33. The minimum Gasteiger partial charge on any atom is -0.363 e. The van der Waals surface area contributed by atoms with Crippen LogP contribution in [0.2, 0.25) is 0 Å². The normalized spacial score (nSPS) is 15.5. The quantitative estimate of drug-likeness (QED) is 0.708. The first kappa shape index (κ1) is 9.38. The molecule has 2 amide bonds. The smallest absolute Gasteiger partial charge is 0.273 e. The molecule has 1 aliphatic rings. The third kappa shape index (κ3) is 2.19. The number of hydrazone groups is 1. The molecule has 1 aromatic heterocycles. The van der Waals surface area contributed by atoms with E-state index in [1.807, 2.05) is 0 Å². The van der Waals surface area contributed by atoms with E-state index in [4.69, 9.17) is 0 Å². The van der Waals surface area contributed by atoms with E-state index < -0.39 is 0 Å². The van der Waals surface area contributed by atoms with Gasteiger partial charge in [0.2, 0.25) is 5.91 Å². The van der Waals surface area contributed by atoms with Gasteiger partial charge in [-0.15, -0.1) is 0 Å². The standard InChI is InChI=1S/C8H8N4O3/c13-7-2-1-5(10-11-7)8(14)9-6-3-4-15-12-6/h3-4H,1-2H2,(H,11,13)(H,9,12,14). The zero-order chi connectivity index (χ0) is 10.7. The van der Waals surface area contributed by atoms with Crippen molar-refractivity contribution in [2.24, 2.45) is 5.10 Å². The third-order valence-electron chi connectivity index (χ3n) is 1.85. The lowest BCUT2D eigenvalue weighted by Gasteiger charge is -2.10. The third-order valence-corrected chi connectivity index (χ3v) is 1.85. The highest BCUT2D eigenvalue weighted by Crippen LogP contribution is 2.04. The number of carbonyl (C=O) groups is 2. The summed E-state index contributed by atoms with van der Waals surface area (Å²) in [5.41, 5.74) is 2.51. The van der Waals surface area contributed by atoms with Crippen LogP contribution in [0.3, 0.4) is 0 Å². The van der Waals surface area contributed by atoms with E-state index in [2.05, 4.69) is 25.5 Å². The second kappa shape index (κ2) is 3.91. The lowest BCUT2D eigenvalue weighted by atomic mass is 10.1. The van der Waals surface area contributed by atoms with E-state index in [0.717, 1.165) is 0 Å². The molecule has 7 heteroatoms. The molecule has 15 heavy (non-hydrogen) atoms. The number of anilines is 1. The Kier molecular flexibility index (Phi) is 2.44. The van der Waals surface area contributed by atoms with Crippen molar-refractivity contribution in [1.82, 2.24) is 10.6 Å². The van der Waals surface area contributed by atoms with E-state index in [-0.39, 0.29) is 23.9 Å². The predicted octanol–water partition coefficient (Wildman–Crippen LogP) is -0.121. The number of aromatic nitrogens is 1. The maximum atomic E-state index is 11.5. The second-order valence-electron chi connectivity index (χ2n) is 2.93. The van der Waals surface area contributed by atoms with Crippen molar-refractivity contribution in [3.8, 4) is 0 Å². The van der Waals surface area contributed by atoms with Crippen LogP contribution in [0, 0.1) is 0 Å². The summed E-state index contributed by atoms with van der Waals surface area (Å²) >= 11 is 0. The minimum atomic E-state index is -0.385. The van der Waals surface area contributed by atoms with Crippen molar-refractivity contribution < 1.29 is 14.1 Å². The first-order chi connectivity index (χ1) is 7.25. The van der Waals surface area contributed by atoms with Gasteiger partial charge in [-0.3, -0.25) is 9.59 Å². The molecule has 78 valence electrons. The van der Waals surface area contributed by atoms with E-state index >= 15 is 0 Å². The molecule has 0 unspecified atom stereocenters. The van der Waals surface area contributed by atoms with Crippen LogP contribution in [-0.4, -0.2) is 22.7 Å². The molecule has 1 aliphatic heterocycles. The number of hydrogen-bond donors (Lipinski definition) is 2. The van der Waals surface area contributed by atoms with Crippen LogP contribution in [0.1, 0.15) is 12.8 Å². The predicted molar refractivity (Wildman–Crippen MR) is 49.9 cm³/mol. The lowest BCUT2D eigenvalue weighted by Crippen LogP contribution is -2.32. The average Bonchev–Trinajstić information content (AvgIpc) is 2.71. The SMILES string of the molecule is O=C1CCC(C(=O)Nc2ccon2)=NN1. The van der Waals surface area contributed by atoms with Crippen molar-refractivity contribution in [2.75, 3.05) is 5.32 Å². The van der Waals surface area contributed by atoms with Crippen LogP contribution in [0.15, 0.2) is 22.0 Å². The van der Waals surface area contributed by atoms with Crippen molar-refractivity contribution in [1.29, 1.82) is 0 Å². The van der Waals surface area contributed by atoms with Crippen molar-refractivity contribution in [3.05, 3.63) is 12.3 Å². The maximum absolute atomic E-state index is 11.5. The molecule has 7 nitrogen and oxygen atoms in total. The Morgan fingerprint density at radius 2 is 2.40 bits per heavy atom. The van der Waals surface area contributed by atoms with Crippen LogP contribution >= 0.6 is 0 Å². The molecule has 0 bridgehead atoms. The van der Waals surface area contributed by atoms with Gasteiger partial charge in [-0.05, 0) is 0 Å². The summed E-state index contributed by atoms with van der Waals surface area (Å²) in [4.78, 5) is 22.3. The van der Waals surface area contributed by atoms with Crippen LogP contribution in [0.5, 0.6) is 0 Å². The Labute approximate surface area is 84.5 Å². The summed E-state index contributed by atoms with van der Waals surface area (Å²) in [6, 6.07) is 1.51. The summed E-state index contributed by atoms with van der Waals surface area (Å²) < 4.78 is 4.55. The number of hydrogen-bond acceptors (Lipinski definition) is 5. The molecule has 0 spiro atoms. The molecule has 0 radical (unpaired) electrons. The van der Waals surface area contributed by atoms with Gasteiger partial charge in [-0.1, -0.05) is 5.16 Å². The first-order valence-corrected chi connectivity index (χ1v) is 4.33. The number of rotatable bonds is 2. The van der Waals surface area contributed by atoms with Gasteiger partial charge in [0.1, 0.15) is 12.0 Å². The Balaban J connectivity index is 2.00. The molecule has 2 N–H and O–H groups in total. The van der Waals surface area contributed by atoms with Gasteiger partial charge in [0.05, 0.1) is 0 Å². The summed E-state index contributed by atoms with van der Waals surface area (Å²) in [5, 5.41) is 9.63. The monoisotopic (exact) mass is 208 g/mol. The number of nitrogens with one attached hydrogen (secondary N) is 2. The Morgan fingerprint density at radius 3 is 3.00 bits per heavy atom. The summed E-state index contributed by atoms with van der Waals surface area (Å²) in [5.74, 6) is -0.253. The van der Waals surface area contributed by atoms with Crippen molar-refractivity contribution >= 4 is 23.3 Å². The Hall–Kier alpha value is -2.18. The van der Waals surface area contributed by atoms with E-state index in [9.17, 15) is 9.59 Å². The van der Waals surface area contributed by atoms with E-state index in [1.165, 1.54) is 12.3 Å². The summed E-state index contributed by atoms with van der Waals surface area (Å²) in [6.45, 7) is 0. The van der Waals surface area contributed by atoms with Crippen LogP contribution in [0.25, 0.3) is 0 Å². The highest BCUT2D eigenvalue weighted by molar-refractivity contribution is 6.43. The van der Waals surface area contributed by atoms with Gasteiger partial charge in [-0.2, -0.15) is 5.10 Å². The van der Waals surface area contributed by atoms with Crippen molar-refractivity contribution in [3.63, 3.8) is 0 Å². The second-order valence-corrected chi connectivity index (χ2v) is 2.93. The number of nitrogens with zero attached hydrogens (tertiary/aromatic N) is 2. The fourth-order valence-electron chi connectivity index (χ4n) is 1.10. The topological polar surface area (TPSA) is 96.6 Å². The molecular weight excluding hydrogens is 200 g/mol. The summed E-state index contributed by atoms with van der Waals surface area (Å²) in [6.07, 6.45) is 1.95. The van der Waals surface area contributed by atoms with Gasteiger partial charge in [0.15, 0.2) is 5.82 Å².